The number of halogens is 2. The van der Waals surface area contributed by atoms with E-state index in [2.05, 4.69) is 20.2 Å². The summed E-state index contributed by atoms with van der Waals surface area (Å²) in [6.07, 6.45) is 3.72. The number of rotatable bonds is 6. The molecule has 1 saturated heterocycles. The number of aliphatic hydroxyl groups is 1. The Bertz CT molecular complexity index is 1280. The maximum Gasteiger partial charge on any atom is 0.183 e. The minimum Gasteiger partial charge on any atom is -0.377 e. The van der Waals surface area contributed by atoms with Crippen LogP contribution in [0.2, 0.25) is 0 Å². The molecule has 2 atom stereocenters. The minimum absolute atomic E-state index is 0.0610. The predicted molar refractivity (Wildman–Crippen MR) is 119 cm³/mol. The molecule has 1 aliphatic heterocycles. The minimum atomic E-state index is -1.13. The van der Waals surface area contributed by atoms with Gasteiger partial charge in [0.25, 0.3) is 0 Å². The van der Waals surface area contributed by atoms with E-state index in [1.807, 2.05) is 0 Å². The zero-order valence-corrected chi connectivity index (χ0v) is 18.2. The molecular formula is C23H23F2N7O2. The molecule has 9 nitrogen and oxygen atoms in total. The SMILES string of the molecule is NC(O)C1CCCCN1c1nc(-c2cc(-c3ccon3)n(Cc3ccccc3F)n2)ncc1F. The highest BCUT2D eigenvalue weighted by Gasteiger charge is 2.30. The molecule has 0 spiro atoms. The highest BCUT2D eigenvalue weighted by atomic mass is 19.1. The van der Waals surface area contributed by atoms with Gasteiger partial charge in [-0.15, -0.1) is 0 Å². The first-order valence-corrected chi connectivity index (χ1v) is 11.0. The van der Waals surface area contributed by atoms with Gasteiger partial charge in [-0.2, -0.15) is 5.10 Å². The normalized spacial score (nSPS) is 17.2. The number of aliphatic hydroxyl groups excluding tert-OH is 1. The van der Waals surface area contributed by atoms with Crippen LogP contribution in [0.5, 0.6) is 0 Å². The molecule has 4 heterocycles. The lowest BCUT2D eigenvalue weighted by molar-refractivity contribution is 0.133. The number of piperidine rings is 1. The molecule has 1 fully saturated rings. The monoisotopic (exact) mass is 467 g/mol. The van der Waals surface area contributed by atoms with Crippen LogP contribution in [0.4, 0.5) is 14.6 Å². The molecule has 3 N–H and O–H groups in total. The summed E-state index contributed by atoms with van der Waals surface area (Å²) in [4.78, 5) is 10.3. The predicted octanol–water partition coefficient (Wildman–Crippen LogP) is 2.96. The van der Waals surface area contributed by atoms with E-state index in [0.717, 1.165) is 19.0 Å². The molecule has 5 rings (SSSR count). The van der Waals surface area contributed by atoms with Crippen molar-refractivity contribution in [3.05, 3.63) is 66.1 Å². The van der Waals surface area contributed by atoms with Crippen LogP contribution in [-0.2, 0) is 6.54 Å². The molecule has 3 aromatic heterocycles. The Morgan fingerprint density at radius 3 is 2.76 bits per heavy atom. The second-order valence-electron chi connectivity index (χ2n) is 8.16. The molecule has 4 aromatic rings. The van der Waals surface area contributed by atoms with Gasteiger partial charge in [0, 0.05) is 18.2 Å². The van der Waals surface area contributed by atoms with Gasteiger partial charge in [-0.3, -0.25) is 4.68 Å². The van der Waals surface area contributed by atoms with Crippen LogP contribution in [-0.4, -0.2) is 48.8 Å². The van der Waals surface area contributed by atoms with Crippen molar-refractivity contribution in [1.82, 2.24) is 24.9 Å². The fraction of sp³-hybridized carbons (Fsp3) is 0.304. The number of aromatic nitrogens is 5. The van der Waals surface area contributed by atoms with Gasteiger partial charge in [0.05, 0.1) is 24.5 Å². The van der Waals surface area contributed by atoms with Gasteiger partial charge >= 0.3 is 0 Å². The van der Waals surface area contributed by atoms with Crippen molar-refractivity contribution < 1.29 is 18.4 Å². The smallest absolute Gasteiger partial charge is 0.183 e. The van der Waals surface area contributed by atoms with Crippen LogP contribution >= 0.6 is 0 Å². The van der Waals surface area contributed by atoms with Gasteiger partial charge < -0.3 is 20.3 Å². The molecule has 11 heteroatoms. The topological polar surface area (TPSA) is 119 Å². The zero-order valence-electron chi connectivity index (χ0n) is 18.2. The highest BCUT2D eigenvalue weighted by Crippen LogP contribution is 2.30. The van der Waals surface area contributed by atoms with Gasteiger partial charge in [-0.1, -0.05) is 23.4 Å². The Balaban J connectivity index is 1.55. The van der Waals surface area contributed by atoms with E-state index < -0.39 is 18.1 Å². The van der Waals surface area contributed by atoms with Crippen LogP contribution in [0, 0.1) is 11.6 Å². The summed E-state index contributed by atoms with van der Waals surface area (Å²) in [6.45, 7) is 0.648. The number of nitrogens with two attached hydrogens (primary N) is 1. The average Bonchev–Trinajstić information content (AvgIpc) is 3.51. The second-order valence-corrected chi connectivity index (χ2v) is 8.16. The van der Waals surface area contributed by atoms with Gasteiger partial charge in [0.1, 0.15) is 29.7 Å². The van der Waals surface area contributed by atoms with Crippen LogP contribution in [0.1, 0.15) is 24.8 Å². The molecule has 0 radical (unpaired) electrons. The van der Waals surface area contributed by atoms with Crippen molar-refractivity contribution in [2.75, 3.05) is 11.4 Å². The third-order valence-corrected chi connectivity index (χ3v) is 5.93. The largest absolute Gasteiger partial charge is 0.377 e. The second kappa shape index (κ2) is 9.27. The number of hydrogen-bond donors (Lipinski definition) is 2. The van der Waals surface area contributed by atoms with E-state index in [9.17, 15) is 13.9 Å². The number of nitrogens with zero attached hydrogens (tertiary/aromatic N) is 6. The Labute approximate surface area is 193 Å². The lowest BCUT2D eigenvalue weighted by Gasteiger charge is -2.38. The summed E-state index contributed by atoms with van der Waals surface area (Å²) in [5, 5.41) is 18.5. The quantitative estimate of drug-likeness (QED) is 0.416. The van der Waals surface area contributed by atoms with Gasteiger partial charge in [-0.25, -0.2) is 18.7 Å². The molecule has 176 valence electrons. The lowest BCUT2D eigenvalue weighted by Crippen LogP contribution is -2.51. The van der Waals surface area contributed by atoms with Gasteiger partial charge in [0.2, 0.25) is 0 Å². The molecule has 2 unspecified atom stereocenters. The summed E-state index contributed by atoms with van der Waals surface area (Å²) in [5.74, 6) is -0.726. The van der Waals surface area contributed by atoms with Crippen molar-refractivity contribution in [3.63, 3.8) is 0 Å². The molecule has 0 aliphatic carbocycles. The Kier molecular flexibility index (Phi) is 6.03. The summed E-state index contributed by atoms with van der Waals surface area (Å²) in [7, 11) is 0. The van der Waals surface area contributed by atoms with Crippen molar-refractivity contribution in [2.45, 2.75) is 38.1 Å². The summed E-state index contributed by atoms with van der Waals surface area (Å²) in [5.41, 5.74) is 7.61. The fourth-order valence-electron chi connectivity index (χ4n) is 4.24. The Morgan fingerprint density at radius 2 is 2.00 bits per heavy atom. The van der Waals surface area contributed by atoms with Crippen molar-refractivity contribution in [1.29, 1.82) is 0 Å². The molecule has 0 amide bonds. The summed E-state index contributed by atoms with van der Waals surface area (Å²) in [6, 6.07) is 9.32. The van der Waals surface area contributed by atoms with Crippen LogP contribution in [0.15, 0.2) is 53.4 Å². The third-order valence-electron chi connectivity index (χ3n) is 5.93. The highest BCUT2D eigenvalue weighted by molar-refractivity contribution is 5.63. The van der Waals surface area contributed by atoms with Gasteiger partial charge in [-0.05, 0) is 31.4 Å². The fourth-order valence-corrected chi connectivity index (χ4v) is 4.24. The first-order valence-electron chi connectivity index (χ1n) is 11.0. The molecule has 0 bridgehead atoms. The van der Waals surface area contributed by atoms with Gasteiger partial charge in [0.15, 0.2) is 17.5 Å². The summed E-state index contributed by atoms with van der Waals surface area (Å²) < 4.78 is 35.6. The van der Waals surface area contributed by atoms with Crippen molar-refractivity contribution in [2.24, 2.45) is 5.73 Å². The average molecular weight is 467 g/mol. The zero-order chi connectivity index (χ0) is 23.7. The standard InChI is InChI=1S/C23H23F2N7O2/c24-15-6-2-1-5-14(15)13-32-20(17-8-10-34-30-17)11-18(29-32)22-27-12-16(25)23(28-22)31-9-4-3-7-19(31)21(26)33/h1-2,5-6,8,10-12,19,21,33H,3-4,7,9,13,26H2. The van der Waals surface area contributed by atoms with Crippen LogP contribution in [0.25, 0.3) is 22.9 Å². The summed E-state index contributed by atoms with van der Waals surface area (Å²) >= 11 is 0. The van der Waals surface area contributed by atoms with E-state index in [1.54, 1.807) is 39.9 Å². The molecule has 1 aliphatic rings. The van der Waals surface area contributed by atoms with Crippen LogP contribution in [0.3, 0.4) is 0 Å². The number of benzene rings is 1. The molecule has 0 saturated carbocycles. The Hall–Kier alpha value is -3.70. The Morgan fingerprint density at radius 1 is 1.15 bits per heavy atom. The maximum atomic E-state index is 14.8. The lowest BCUT2D eigenvalue weighted by atomic mass is 10.0. The van der Waals surface area contributed by atoms with Crippen LogP contribution < -0.4 is 10.6 Å². The first-order chi connectivity index (χ1) is 16.5. The molecule has 1 aromatic carbocycles. The molecule has 34 heavy (non-hydrogen) atoms. The molecular weight excluding hydrogens is 444 g/mol. The van der Waals surface area contributed by atoms with E-state index in [4.69, 9.17) is 10.3 Å². The van der Waals surface area contributed by atoms with E-state index in [1.165, 1.54) is 12.3 Å². The first kappa shape index (κ1) is 22.1. The third kappa shape index (κ3) is 4.27. The number of hydrogen-bond acceptors (Lipinski definition) is 8. The van der Waals surface area contributed by atoms with E-state index in [-0.39, 0.29) is 24.0 Å². The van der Waals surface area contributed by atoms with Crippen molar-refractivity contribution in [3.8, 4) is 22.9 Å². The maximum absolute atomic E-state index is 14.8. The van der Waals surface area contributed by atoms with E-state index >= 15 is 0 Å². The van der Waals surface area contributed by atoms with Crippen molar-refractivity contribution >= 4 is 5.82 Å². The van der Waals surface area contributed by atoms with E-state index in [0.29, 0.717) is 35.6 Å². The number of anilines is 1.